The lowest BCUT2D eigenvalue weighted by Crippen LogP contribution is -2.35. The van der Waals surface area contributed by atoms with Crippen molar-refractivity contribution >= 4 is 33.4 Å². The fourth-order valence-corrected chi connectivity index (χ4v) is 4.89. The van der Waals surface area contributed by atoms with E-state index in [0.717, 1.165) is 47.9 Å². The van der Waals surface area contributed by atoms with Crippen LogP contribution in [0.25, 0.3) is 6.08 Å². The lowest BCUT2D eigenvalue weighted by molar-refractivity contribution is -0.131. The molecule has 0 unspecified atom stereocenters. The number of sulfonamides is 1. The molecule has 1 aliphatic carbocycles. The molecule has 0 amide bonds. The summed E-state index contributed by atoms with van der Waals surface area (Å²) in [7, 11) is -3.25. The first-order valence-electron chi connectivity index (χ1n) is 6.95. The lowest BCUT2D eigenvalue weighted by Gasteiger charge is -2.21. The summed E-state index contributed by atoms with van der Waals surface area (Å²) in [5, 5.41) is 8.30. The third kappa shape index (κ3) is 4.94. The highest BCUT2D eigenvalue weighted by Gasteiger charge is 2.26. The molecule has 1 aromatic heterocycles. The summed E-state index contributed by atoms with van der Waals surface area (Å²) < 4.78 is 27.0. The highest BCUT2D eigenvalue weighted by atomic mass is 32.2. The van der Waals surface area contributed by atoms with Gasteiger partial charge in [-0.15, -0.1) is 11.3 Å². The fourth-order valence-electron chi connectivity index (χ4n) is 2.40. The van der Waals surface area contributed by atoms with Crippen molar-refractivity contribution < 1.29 is 18.3 Å². The van der Waals surface area contributed by atoms with Crippen LogP contribution in [-0.2, 0) is 21.4 Å². The van der Waals surface area contributed by atoms with Crippen molar-refractivity contribution in [3.63, 3.8) is 0 Å². The van der Waals surface area contributed by atoms with E-state index in [4.69, 9.17) is 5.11 Å². The van der Waals surface area contributed by atoms with Crippen molar-refractivity contribution in [2.75, 3.05) is 0 Å². The van der Waals surface area contributed by atoms with Crippen LogP contribution in [0.1, 0.15) is 41.9 Å². The van der Waals surface area contributed by atoms with Gasteiger partial charge in [0.1, 0.15) is 0 Å². The van der Waals surface area contributed by atoms with Crippen molar-refractivity contribution in [2.24, 2.45) is 0 Å². The van der Waals surface area contributed by atoms with Crippen molar-refractivity contribution in [2.45, 2.75) is 43.9 Å². The Morgan fingerprint density at radius 1 is 1.33 bits per heavy atom. The third-order valence-corrected chi connectivity index (χ3v) is 6.46. The number of carboxylic acid groups (broad SMARTS) is 1. The van der Waals surface area contributed by atoms with E-state index in [2.05, 4.69) is 4.72 Å². The van der Waals surface area contributed by atoms with Gasteiger partial charge in [0.25, 0.3) is 0 Å². The molecule has 0 saturated heterocycles. The van der Waals surface area contributed by atoms with E-state index < -0.39 is 16.0 Å². The molecular formula is C14H19NO4S2. The number of hydrogen-bond donors (Lipinski definition) is 2. The molecule has 1 saturated carbocycles. The standard InChI is InChI=1S/C14H19NO4S2/c16-14(17)9-8-11-6-7-12(20-11)10-15-21(18,19)13-4-2-1-3-5-13/h6-9,13,15H,1-5,10H2,(H,16,17). The number of carbonyl (C=O) groups is 1. The van der Waals surface area contributed by atoms with Gasteiger partial charge in [0, 0.05) is 22.4 Å². The quantitative estimate of drug-likeness (QED) is 0.786. The van der Waals surface area contributed by atoms with Crippen LogP contribution in [0.15, 0.2) is 18.2 Å². The molecular weight excluding hydrogens is 310 g/mol. The molecule has 0 aromatic carbocycles. The Morgan fingerprint density at radius 2 is 2.05 bits per heavy atom. The molecule has 0 spiro atoms. The van der Waals surface area contributed by atoms with Crippen LogP contribution >= 0.6 is 11.3 Å². The van der Waals surface area contributed by atoms with E-state index in [9.17, 15) is 13.2 Å². The molecule has 0 atom stereocenters. The monoisotopic (exact) mass is 329 g/mol. The average Bonchev–Trinajstić information content (AvgIpc) is 2.92. The number of carboxylic acids is 1. The van der Waals surface area contributed by atoms with Gasteiger partial charge < -0.3 is 5.11 Å². The molecule has 5 nitrogen and oxygen atoms in total. The number of hydrogen-bond acceptors (Lipinski definition) is 4. The van der Waals surface area contributed by atoms with E-state index in [0.29, 0.717) is 0 Å². The minimum Gasteiger partial charge on any atom is -0.478 e. The summed E-state index contributed by atoms with van der Waals surface area (Å²) in [6.45, 7) is 0.268. The average molecular weight is 329 g/mol. The molecule has 0 aliphatic heterocycles. The molecule has 116 valence electrons. The maximum Gasteiger partial charge on any atom is 0.328 e. The summed E-state index contributed by atoms with van der Waals surface area (Å²) >= 11 is 1.39. The molecule has 1 heterocycles. The second-order valence-electron chi connectivity index (χ2n) is 5.10. The maximum absolute atomic E-state index is 12.2. The first kappa shape index (κ1) is 16.2. The highest BCUT2D eigenvalue weighted by molar-refractivity contribution is 7.90. The molecule has 7 heteroatoms. The third-order valence-electron chi connectivity index (χ3n) is 3.51. The van der Waals surface area contributed by atoms with Crippen LogP contribution in [-0.4, -0.2) is 24.7 Å². The Morgan fingerprint density at radius 3 is 2.71 bits per heavy atom. The molecule has 1 fully saturated rings. The lowest BCUT2D eigenvalue weighted by atomic mass is 10.0. The van der Waals surface area contributed by atoms with Crippen LogP contribution < -0.4 is 4.72 Å². The van der Waals surface area contributed by atoms with E-state index >= 15 is 0 Å². The van der Waals surface area contributed by atoms with Gasteiger partial charge in [-0.2, -0.15) is 0 Å². The van der Waals surface area contributed by atoms with Crippen molar-refractivity contribution in [1.82, 2.24) is 4.72 Å². The zero-order chi connectivity index (χ0) is 15.3. The number of nitrogens with one attached hydrogen (secondary N) is 1. The van der Waals surface area contributed by atoms with Crippen LogP contribution in [0.5, 0.6) is 0 Å². The molecule has 0 bridgehead atoms. The summed E-state index contributed by atoms with van der Waals surface area (Å²) in [5.74, 6) is -0.997. The van der Waals surface area contributed by atoms with Crippen LogP contribution in [0.2, 0.25) is 0 Å². The molecule has 2 rings (SSSR count). The summed E-state index contributed by atoms with van der Waals surface area (Å²) in [4.78, 5) is 12.1. The zero-order valence-electron chi connectivity index (χ0n) is 11.6. The van der Waals surface area contributed by atoms with Gasteiger partial charge >= 0.3 is 5.97 Å². The second kappa shape index (κ2) is 7.20. The summed E-state index contributed by atoms with van der Waals surface area (Å²) in [5.41, 5.74) is 0. The molecule has 1 aromatic rings. The first-order valence-corrected chi connectivity index (χ1v) is 9.32. The van der Waals surface area contributed by atoms with E-state index in [1.807, 2.05) is 6.07 Å². The highest BCUT2D eigenvalue weighted by Crippen LogP contribution is 2.24. The predicted octanol–water partition coefficient (Wildman–Crippen LogP) is 2.60. The molecule has 1 aliphatic rings. The largest absolute Gasteiger partial charge is 0.478 e. The van der Waals surface area contributed by atoms with Gasteiger partial charge in [0.15, 0.2) is 0 Å². The van der Waals surface area contributed by atoms with Crippen LogP contribution in [0.3, 0.4) is 0 Å². The van der Waals surface area contributed by atoms with Crippen LogP contribution in [0.4, 0.5) is 0 Å². The first-order chi connectivity index (χ1) is 9.97. The Labute approximate surface area is 128 Å². The Bertz CT molecular complexity index is 613. The Balaban J connectivity index is 1.91. The summed E-state index contributed by atoms with van der Waals surface area (Å²) in [6, 6.07) is 3.60. The minimum atomic E-state index is -3.25. The van der Waals surface area contributed by atoms with Crippen molar-refractivity contribution in [3.8, 4) is 0 Å². The molecule has 2 N–H and O–H groups in total. The van der Waals surface area contributed by atoms with Gasteiger partial charge in [0.2, 0.25) is 10.0 Å². The van der Waals surface area contributed by atoms with Crippen LogP contribution in [0, 0.1) is 0 Å². The normalized spacial score (nSPS) is 17.3. The van der Waals surface area contributed by atoms with Gasteiger partial charge in [-0.3, -0.25) is 0 Å². The molecule has 21 heavy (non-hydrogen) atoms. The van der Waals surface area contributed by atoms with Gasteiger partial charge in [0.05, 0.1) is 5.25 Å². The Kier molecular flexibility index (Phi) is 5.55. The number of thiophene rings is 1. The number of aliphatic carboxylic acids is 1. The minimum absolute atomic E-state index is 0.266. The zero-order valence-corrected chi connectivity index (χ0v) is 13.3. The second-order valence-corrected chi connectivity index (χ2v) is 8.35. The maximum atomic E-state index is 12.2. The fraction of sp³-hybridized carbons (Fsp3) is 0.500. The topological polar surface area (TPSA) is 83.5 Å². The van der Waals surface area contributed by atoms with Gasteiger partial charge in [-0.05, 0) is 31.1 Å². The predicted molar refractivity (Wildman–Crippen MR) is 83.6 cm³/mol. The Hall–Kier alpha value is -1.18. The van der Waals surface area contributed by atoms with E-state index in [1.54, 1.807) is 6.07 Å². The van der Waals surface area contributed by atoms with E-state index in [-0.39, 0.29) is 11.8 Å². The number of rotatable bonds is 6. The SMILES string of the molecule is O=C(O)C=Cc1ccc(CNS(=O)(=O)C2CCCCC2)s1. The van der Waals surface area contributed by atoms with E-state index in [1.165, 1.54) is 17.4 Å². The van der Waals surface area contributed by atoms with Crippen molar-refractivity contribution in [1.29, 1.82) is 0 Å². The van der Waals surface area contributed by atoms with Crippen molar-refractivity contribution in [3.05, 3.63) is 28.0 Å². The molecule has 0 radical (unpaired) electrons. The smallest absolute Gasteiger partial charge is 0.328 e. The summed E-state index contributed by atoms with van der Waals surface area (Å²) in [6.07, 6.45) is 7.15. The van der Waals surface area contributed by atoms with Gasteiger partial charge in [-0.25, -0.2) is 17.9 Å². The van der Waals surface area contributed by atoms with Gasteiger partial charge in [-0.1, -0.05) is 19.3 Å².